The van der Waals surface area contributed by atoms with Crippen LogP contribution in [0.15, 0.2) is 54.9 Å². The summed E-state index contributed by atoms with van der Waals surface area (Å²) in [5, 5.41) is 1.67. The minimum atomic E-state index is -0.559. The van der Waals surface area contributed by atoms with Gasteiger partial charge in [0.15, 0.2) is 17.3 Å². The molecule has 2 aromatic carbocycles. The summed E-state index contributed by atoms with van der Waals surface area (Å²) in [4.78, 5) is 16.6. The molecule has 0 spiro atoms. The Morgan fingerprint density at radius 2 is 1.95 bits per heavy atom. The van der Waals surface area contributed by atoms with E-state index in [1.165, 1.54) is 25.4 Å². The van der Waals surface area contributed by atoms with Gasteiger partial charge in [-0.2, -0.15) is 0 Å². The molecule has 0 bridgehead atoms. The van der Waals surface area contributed by atoms with Crippen LogP contribution >= 0.6 is 0 Å². The fourth-order valence-electron chi connectivity index (χ4n) is 2.26. The molecule has 0 saturated heterocycles. The third-order valence-electron chi connectivity index (χ3n) is 3.33. The molecule has 3 nitrogen and oxygen atoms in total. The molecule has 0 aliphatic carbocycles. The van der Waals surface area contributed by atoms with E-state index in [2.05, 4.69) is 4.98 Å². The highest BCUT2D eigenvalue weighted by molar-refractivity contribution is 6.16. The molecule has 3 rings (SSSR count). The maximum absolute atomic E-state index is 13.7. The van der Waals surface area contributed by atoms with Gasteiger partial charge in [0.2, 0.25) is 0 Å². The van der Waals surface area contributed by atoms with Gasteiger partial charge in [0.1, 0.15) is 0 Å². The zero-order valence-corrected chi connectivity index (χ0v) is 11.3. The lowest BCUT2D eigenvalue weighted by Gasteiger charge is -2.07. The number of benzene rings is 2. The molecule has 21 heavy (non-hydrogen) atoms. The highest BCUT2D eigenvalue weighted by atomic mass is 19.1. The molecule has 1 heterocycles. The molecular weight excluding hydrogens is 269 g/mol. The number of ether oxygens (including phenoxy) is 1. The second-order valence-corrected chi connectivity index (χ2v) is 4.59. The number of fused-ring (bicyclic) bond motifs is 1. The topological polar surface area (TPSA) is 39.2 Å². The number of hydrogen-bond acceptors (Lipinski definition) is 3. The summed E-state index contributed by atoms with van der Waals surface area (Å²) >= 11 is 0. The molecule has 0 radical (unpaired) electrons. The number of carbonyl (C=O) groups is 1. The number of carbonyl (C=O) groups excluding carboxylic acids is 1. The fraction of sp³-hybridized carbons (Fsp3) is 0.0588. The Labute approximate surface area is 121 Å². The van der Waals surface area contributed by atoms with Gasteiger partial charge >= 0.3 is 0 Å². The molecule has 1 aromatic heterocycles. The van der Waals surface area contributed by atoms with E-state index in [-0.39, 0.29) is 17.1 Å². The predicted molar refractivity (Wildman–Crippen MR) is 78.1 cm³/mol. The van der Waals surface area contributed by atoms with Gasteiger partial charge in [-0.1, -0.05) is 24.3 Å². The van der Waals surface area contributed by atoms with Crippen molar-refractivity contribution < 1.29 is 13.9 Å². The van der Waals surface area contributed by atoms with Crippen molar-refractivity contribution >= 4 is 16.6 Å². The second-order valence-electron chi connectivity index (χ2n) is 4.59. The third-order valence-corrected chi connectivity index (χ3v) is 3.33. The number of ketones is 1. The van der Waals surface area contributed by atoms with E-state index < -0.39 is 5.82 Å². The number of nitrogens with zero attached hydrogens (tertiary/aromatic N) is 1. The van der Waals surface area contributed by atoms with Crippen LogP contribution < -0.4 is 4.74 Å². The summed E-state index contributed by atoms with van der Waals surface area (Å²) in [7, 11) is 1.38. The molecule has 0 amide bonds. The van der Waals surface area contributed by atoms with Crippen LogP contribution in [0.4, 0.5) is 4.39 Å². The van der Waals surface area contributed by atoms with E-state index in [1.54, 1.807) is 12.3 Å². The minimum absolute atomic E-state index is 0.114. The zero-order valence-electron chi connectivity index (χ0n) is 11.3. The van der Waals surface area contributed by atoms with Crippen LogP contribution in [-0.2, 0) is 0 Å². The number of rotatable bonds is 3. The van der Waals surface area contributed by atoms with Gasteiger partial charge < -0.3 is 4.74 Å². The SMILES string of the molecule is COc1ccc(C(=O)c2cncc3ccccc23)cc1F. The Morgan fingerprint density at radius 1 is 1.14 bits per heavy atom. The van der Waals surface area contributed by atoms with Crippen molar-refractivity contribution in [3.8, 4) is 5.75 Å². The van der Waals surface area contributed by atoms with Gasteiger partial charge in [-0.3, -0.25) is 9.78 Å². The van der Waals surface area contributed by atoms with Gasteiger partial charge in [0.05, 0.1) is 7.11 Å². The first-order valence-electron chi connectivity index (χ1n) is 6.41. The quantitative estimate of drug-likeness (QED) is 0.688. The Kier molecular flexibility index (Phi) is 3.36. The Morgan fingerprint density at radius 3 is 2.71 bits per heavy atom. The van der Waals surface area contributed by atoms with Crippen molar-refractivity contribution in [2.45, 2.75) is 0 Å². The number of methoxy groups -OCH3 is 1. The van der Waals surface area contributed by atoms with Gasteiger partial charge in [-0.05, 0) is 23.6 Å². The molecule has 0 fully saturated rings. The number of aromatic nitrogens is 1. The van der Waals surface area contributed by atoms with Crippen LogP contribution in [0.1, 0.15) is 15.9 Å². The van der Waals surface area contributed by atoms with E-state index >= 15 is 0 Å². The van der Waals surface area contributed by atoms with E-state index in [4.69, 9.17) is 4.74 Å². The van der Waals surface area contributed by atoms with E-state index in [9.17, 15) is 9.18 Å². The molecule has 0 aliphatic rings. The molecule has 3 aromatic rings. The summed E-state index contributed by atoms with van der Waals surface area (Å²) in [6, 6.07) is 11.6. The maximum atomic E-state index is 13.7. The van der Waals surface area contributed by atoms with Crippen molar-refractivity contribution in [3.63, 3.8) is 0 Å². The second kappa shape index (κ2) is 5.32. The summed E-state index contributed by atoms with van der Waals surface area (Å²) in [6.07, 6.45) is 3.20. The Hall–Kier alpha value is -2.75. The van der Waals surface area contributed by atoms with Gasteiger partial charge in [0, 0.05) is 28.9 Å². The monoisotopic (exact) mass is 281 g/mol. The van der Waals surface area contributed by atoms with Crippen molar-refractivity contribution in [2.24, 2.45) is 0 Å². The first-order valence-corrected chi connectivity index (χ1v) is 6.41. The first kappa shape index (κ1) is 13.2. The fourth-order valence-corrected chi connectivity index (χ4v) is 2.26. The number of halogens is 1. The molecular formula is C17H12FNO2. The van der Waals surface area contributed by atoms with Crippen LogP contribution in [0.5, 0.6) is 5.75 Å². The molecule has 0 unspecified atom stereocenters. The van der Waals surface area contributed by atoms with Crippen LogP contribution in [0.3, 0.4) is 0 Å². The third kappa shape index (κ3) is 2.36. The van der Waals surface area contributed by atoms with Crippen molar-refractivity contribution in [1.82, 2.24) is 4.98 Å². The lowest BCUT2D eigenvalue weighted by Crippen LogP contribution is -2.04. The van der Waals surface area contributed by atoms with Crippen LogP contribution in [-0.4, -0.2) is 17.9 Å². The molecule has 104 valence electrons. The minimum Gasteiger partial charge on any atom is -0.494 e. The van der Waals surface area contributed by atoms with E-state index in [0.29, 0.717) is 5.56 Å². The number of hydrogen-bond donors (Lipinski definition) is 0. The average Bonchev–Trinajstić information content (AvgIpc) is 2.53. The summed E-state index contributed by atoms with van der Waals surface area (Å²) in [5.41, 5.74) is 0.726. The lowest BCUT2D eigenvalue weighted by molar-refractivity contribution is 0.103. The smallest absolute Gasteiger partial charge is 0.195 e. The molecule has 4 heteroatoms. The van der Waals surface area contributed by atoms with E-state index in [0.717, 1.165) is 10.8 Å². The molecule has 0 saturated carbocycles. The standard InChI is InChI=1S/C17H12FNO2/c1-21-16-7-6-11(8-15(16)18)17(20)14-10-19-9-12-4-2-3-5-13(12)14/h2-10H,1H3. The molecule has 0 N–H and O–H groups in total. The summed E-state index contributed by atoms with van der Waals surface area (Å²) < 4.78 is 18.6. The predicted octanol–water partition coefficient (Wildman–Crippen LogP) is 3.61. The van der Waals surface area contributed by atoms with Crippen molar-refractivity contribution in [3.05, 3.63) is 71.8 Å². The lowest BCUT2D eigenvalue weighted by atomic mass is 9.99. The summed E-state index contributed by atoms with van der Waals surface area (Å²) in [5.74, 6) is -0.708. The highest BCUT2D eigenvalue weighted by Gasteiger charge is 2.15. The van der Waals surface area contributed by atoms with Crippen LogP contribution in [0, 0.1) is 5.82 Å². The maximum Gasteiger partial charge on any atom is 0.195 e. The van der Waals surface area contributed by atoms with Crippen molar-refractivity contribution in [2.75, 3.05) is 7.11 Å². The van der Waals surface area contributed by atoms with E-state index in [1.807, 2.05) is 24.3 Å². The van der Waals surface area contributed by atoms with Gasteiger partial charge in [-0.15, -0.1) is 0 Å². The zero-order chi connectivity index (χ0) is 14.8. The van der Waals surface area contributed by atoms with Crippen LogP contribution in [0.2, 0.25) is 0 Å². The Bertz CT molecular complexity index is 825. The molecule has 0 atom stereocenters. The molecule has 0 aliphatic heterocycles. The largest absolute Gasteiger partial charge is 0.494 e. The normalized spacial score (nSPS) is 10.6. The average molecular weight is 281 g/mol. The highest BCUT2D eigenvalue weighted by Crippen LogP contribution is 2.23. The van der Waals surface area contributed by atoms with Crippen molar-refractivity contribution in [1.29, 1.82) is 0 Å². The van der Waals surface area contributed by atoms with Crippen LogP contribution in [0.25, 0.3) is 10.8 Å². The van der Waals surface area contributed by atoms with Gasteiger partial charge in [0.25, 0.3) is 0 Å². The Balaban J connectivity index is 2.10. The summed E-state index contributed by atoms with van der Waals surface area (Å²) in [6.45, 7) is 0. The van der Waals surface area contributed by atoms with Gasteiger partial charge in [-0.25, -0.2) is 4.39 Å². The first-order chi connectivity index (χ1) is 10.2. The number of pyridine rings is 1.